The molecule has 1 N–H and O–H groups in total. The Morgan fingerprint density at radius 2 is 1.78 bits per heavy atom. The summed E-state index contributed by atoms with van der Waals surface area (Å²) in [5, 5.41) is 15.2. The van der Waals surface area contributed by atoms with Crippen LogP contribution in [0.5, 0.6) is 0 Å². The van der Waals surface area contributed by atoms with Gasteiger partial charge in [0, 0.05) is 5.69 Å². The molecule has 3 aromatic rings. The minimum atomic E-state index is -4.40. The van der Waals surface area contributed by atoms with Crippen LogP contribution in [0.3, 0.4) is 0 Å². The van der Waals surface area contributed by atoms with E-state index in [2.05, 4.69) is 20.8 Å². The number of benzene rings is 2. The predicted molar refractivity (Wildman–Crippen MR) is 96.6 cm³/mol. The monoisotopic (exact) mass is 375 g/mol. The maximum absolute atomic E-state index is 13.0. The number of nitrogens with zero attached hydrogens (tertiary/aromatic N) is 4. The lowest BCUT2D eigenvalue weighted by atomic mass is 9.96. The molecule has 2 aromatic carbocycles. The fourth-order valence-corrected chi connectivity index (χ4v) is 2.79. The zero-order valence-electron chi connectivity index (χ0n) is 15.2. The summed E-state index contributed by atoms with van der Waals surface area (Å²) in [6.45, 7) is 5.77. The Bertz CT molecular complexity index is 918. The molecule has 0 aliphatic carbocycles. The summed E-state index contributed by atoms with van der Waals surface area (Å²) in [4.78, 5) is 0. The Balaban J connectivity index is 1.97. The number of aryl methyl sites for hydroxylation is 1. The van der Waals surface area contributed by atoms with E-state index in [0.717, 1.165) is 23.4 Å². The van der Waals surface area contributed by atoms with Gasteiger partial charge in [0.25, 0.3) is 0 Å². The topological polar surface area (TPSA) is 55.6 Å². The summed E-state index contributed by atoms with van der Waals surface area (Å²) in [5.74, 6) is 0.520. The van der Waals surface area contributed by atoms with Crippen LogP contribution in [0.4, 0.5) is 18.9 Å². The first-order valence-corrected chi connectivity index (χ1v) is 8.54. The van der Waals surface area contributed by atoms with Gasteiger partial charge in [-0.3, -0.25) is 0 Å². The quantitative estimate of drug-likeness (QED) is 0.701. The SMILES string of the molecule is CC[C@@](C)(Nc1cccc(C(F)(F)F)c1)c1nnnn1-c1ccc(C)cc1. The van der Waals surface area contributed by atoms with Gasteiger partial charge in [0.15, 0.2) is 5.82 Å². The zero-order chi connectivity index (χ0) is 19.7. The molecule has 0 amide bonds. The van der Waals surface area contributed by atoms with Crippen molar-refractivity contribution in [3.8, 4) is 5.69 Å². The van der Waals surface area contributed by atoms with E-state index in [4.69, 9.17) is 0 Å². The van der Waals surface area contributed by atoms with E-state index >= 15 is 0 Å². The van der Waals surface area contributed by atoms with Gasteiger partial charge in [0.1, 0.15) is 0 Å². The van der Waals surface area contributed by atoms with Crippen molar-refractivity contribution in [3.63, 3.8) is 0 Å². The molecule has 0 fully saturated rings. The predicted octanol–water partition coefficient (Wildman–Crippen LogP) is 4.73. The van der Waals surface area contributed by atoms with E-state index in [1.807, 2.05) is 45.0 Å². The van der Waals surface area contributed by atoms with E-state index in [0.29, 0.717) is 17.9 Å². The van der Waals surface area contributed by atoms with Crippen molar-refractivity contribution >= 4 is 5.69 Å². The molecule has 142 valence electrons. The van der Waals surface area contributed by atoms with Crippen LogP contribution in [-0.2, 0) is 11.7 Å². The highest BCUT2D eigenvalue weighted by atomic mass is 19.4. The van der Waals surface area contributed by atoms with E-state index in [-0.39, 0.29) is 0 Å². The Kier molecular flexibility index (Phi) is 4.91. The van der Waals surface area contributed by atoms with Gasteiger partial charge in [0.05, 0.1) is 16.8 Å². The maximum Gasteiger partial charge on any atom is 0.416 e. The number of tetrazole rings is 1. The van der Waals surface area contributed by atoms with Crippen LogP contribution in [0, 0.1) is 6.92 Å². The minimum Gasteiger partial charge on any atom is -0.373 e. The maximum atomic E-state index is 13.0. The normalized spacial score (nSPS) is 14.0. The fraction of sp³-hybridized carbons (Fsp3) is 0.316. The molecule has 0 saturated heterocycles. The molecule has 1 atom stereocenters. The summed E-state index contributed by atoms with van der Waals surface area (Å²) in [5.41, 5.74) is 0.773. The van der Waals surface area contributed by atoms with E-state index in [9.17, 15) is 13.2 Å². The summed E-state index contributed by atoms with van der Waals surface area (Å²) in [6.07, 6.45) is -3.83. The second-order valence-electron chi connectivity index (χ2n) is 6.64. The molecular weight excluding hydrogens is 355 g/mol. The van der Waals surface area contributed by atoms with Crippen molar-refractivity contribution in [2.75, 3.05) is 5.32 Å². The number of hydrogen-bond acceptors (Lipinski definition) is 4. The largest absolute Gasteiger partial charge is 0.416 e. The van der Waals surface area contributed by atoms with Crippen molar-refractivity contribution in [3.05, 3.63) is 65.5 Å². The standard InChI is InChI=1S/C19H20F3N5/c1-4-18(3,23-15-7-5-6-14(12-15)19(20,21)22)17-24-25-26-27(17)16-10-8-13(2)9-11-16/h5-12,23H,4H2,1-3H3/t18-/m1/s1. The average molecular weight is 375 g/mol. The summed E-state index contributed by atoms with van der Waals surface area (Å²) in [7, 11) is 0. The third kappa shape index (κ3) is 3.94. The second kappa shape index (κ2) is 7.02. The summed E-state index contributed by atoms with van der Waals surface area (Å²) in [6, 6.07) is 12.8. The summed E-state index contributed by atoms with van der Waals surface area (Å²) >= 11 is 0. The Morgan fingerprint density at radius 3 is 2.41 bits per heavy atom. The smallest absolute Gasteiger partial charge is 0.373 e. The van der Waals surface area contributed by atoms with E-state index in [1.54, 1.807) is 10.7 Å². The molecule has 27 heavy (non-hydrogen) atoms. The van der Waals surface area contributed by atoms with Crippen LogP contribution in [0.25, 0.3) is 5.69 Å². The van der Waals surface area contributed by atoms with Crippen LogP contribution in [-0.4, -0.2) is 20.2 Å². The molecule has 0 aliphatic rings. The highest BCUT2D eigenvalue weighted by molar-refractivity contribution is 5.49. The van der Waals surface area contributed by atoms with Gasteiger partial charge in [-0.25, -0.2) is 0 Å². The first-order chi connectivity index (χ1) is 12.7. The Hall–Kier alpha value is -2.90. The molecule has 8 heteroatoms. The van der Waals surface area contributed by atoms with Crippen LogP contribution in [0.15, 0.2) is 48.5 Å². The minimum absolute atomic E-state index is 0.354. The fourth-order valence-electron chi connectivity index (χ4n) is 2.79. The first-order valence-electron chi connectivity index (χ1n) is 8.54. The molecule has 0 aliphatic heterocycles. The third-order valence-electron chi connectivity index (χ3n) is 4.56. The number of alkyl halides is 3. The number of hydrogen-bond donors (Lipinski definition) is 1. The highest BCUT2D eigenvalue weighted by Gasteiger charge is 2.34. The zero-order valence-corrected chi connectivity index (χ0v) is 15.2. The van der Waals surface area contributed by atoms with Gasteiger partial charge < -0.3 is 5.32 Å². The third-order valence-corrected chi connectivity index (χ3v) is 4.56. The lowest BCUT2D eigenvalue weighted by Crippen LogP contribution is -2.34. The van der Waals surface area contributed by atoms with E-state index < -0.39 is 17.3 Å². The Labute approximate surface area is 155 Å². The average Bonchev–Trinajstić information content (AvgIpc) is 3.12. The second-order valence-corrected chi connectivity index (χ2v) is 6.64. The lowest BCUT2D eigenvalue weighted by molar-refractivity contribution is -0.137. The number of rotatable bonds is 5. The van der Waals surface area contributed by atoms with Crippen molar-refractivity contribution in [1.82, 2.24) is 20.2 Å². The van der Waals surface area contributed by atoms with Crippen molar-refractivity contribution in [2.24, 2.45) is 0 Å². The molecule has 1 aromatic heterocycles. The van der Waals surface area contributed by atoms with Gasteiger partial charge in [-0.05, 0) is 61.0 Å². The molecular formula is C19H20F3N5. The molecule has 1 heterocycles. The van der Waals surface area contributed by atoms with Crippen LogP contribution >= 0.6 is 0 Å². The first kappa shape index (κ1) is 18.9. The van der Waals surface area contributed by atoms with Crippen LogP contribution in [0.1, 0.15) is 37.2 Å². The van der Waals surface area contributed by atoms with Gasteiger partial charge in [0.2, 0.25) is 0 Å². The van der Waals surface area contributed by atoms with Crippen LogP contribution in [0.2, 0.25) is 0 Å². The van der Waals surface area contributed by atoms with Crippen LogP contribution < -0.4 is 5.32 Å². The van der Waals surface area contributed by atoms with Crippen molar-refractivity contribution < 1.29 is 13.2 Å². The molecule has 0 unspecified atom stereocenters. The molecule has 0 saturated carbocycles. The molecule has 5 nitrogen and oxygen atoms in total. The molecule has 3 rings (SSSR count). The van der Waals surface area contributed by atoms with Crippen molar-refractivity contribution in [2.45, 2.75) is 38.9 Å². The number of anilines is 1. The van der Waals surface area contributed by atoms with Gasteiger partial charge in [-0.1, -0.05) is 30.7 Å². The number of aromatic nitrogens is 4. The van der Waals surface area contributed by atoms with Gasteiger partial charge in [-0.2, -0.15) is 17.9 Å². The molecule has 0 radical (unpaired) electrons. The van der Waals surface area contributed by atoms with E-state index in [1.165, 1.54) is 6.07 Å². The molecule has 0 spiro atoms. The van der Waals surface area contributed by atoms with Gasteiger partial charge in [-0.15, -0.1) is 5.10 Å². The lowest BCUT2D eigenvalue weighted by Gasteiger charge is -2.29. The highest BCUT2D eigenvalue weighted by Crippen LogP contribution is 2.33. The summed E-state index contributed by atoms with van der Waals surface area (Å²) < 4.78 is 40.6. The number of nitrogens with one attached hydrogen (secondary N) is 1. The molecule has 0 bridgehead atoms. The van der Waals surface area contributed by atoms with Gasteiger partial charge >= 0.3 is 6.18 Å². The van der Waals surface area contributed by atoms with Crippen molar-refractivity contribution in [1.29, 1.82) is 0 Å². The Morgan fingerprint density at radius 1 is 1.07 bits per heavy atom. The number of halogens is 3.